The zero-order valence-electron chi connectivity index (χ0n) is 22.4. The lowest BCUT2D eigenvalue weighted by atomic mass is 10.0. The molecule has 0 spiro atoms. The third kappa shape index (κ3) is 5.87. The molecule has 4 aromatic heterocycles. The fourth-order valence-corrected chi connectivity index (χ4v) is 5.51. The molecule has 0 radical (unpaired) electrons. The van der Waals surface area contributed by atoms with Gasteiger partial charge in [0, 0.05) is 42.0 Å². The van der Waals surface area contributed by atoms with Gasteiger partial charge in [0.15, 0.2) is 12.4 Å². The number of amides is 2. The van der Waals surface area contributed by atoms with Crippen LogP contribution in [0.15, 0.2) is 42.7 Å². The van der Waals surface area contributed by atoms with Crippen LogP contribution in [0.25, 0.3) is 21.3 Å². The van der Waals surface area contributed by atoms with Crippen LogP contribution in [0.3, 0.4) is 0 Å². The zero-order chi connectivity index (χ0) is 31.0. The molecule has 3 N–H and O–H groups in total. The number of carbonyl (C=O) groups is 2. The molecule has 17 heteroatoms. The van der Waals surface area contributed by atoms with E-state index in [0.29, 0.717) is 23.4 Å². The molecule has 5 rings (SSSR count). The molecule has 0 atom stereocenters. The average Bonchev–Trinajstić information content (AvgIpc) is 3.69. The lowest BCUT2D eigenvalue weighted by Crippen LogP contribution is -2.18. The van der Waals surface area contributed by atoms with Gasteiger partial charge < -0.3 is 15.8 Å². The molecule has 1 aromatic carbocycles. The molecule has 0 fully saturated rings. The van der Waals surface area contributed by atoms with E-state index in [1.54, 1.807) is 17.8 Å². The first-order valence-corrected chi connectivity index (χ1v) is 13.7. The van der Waals surface area contributed by atoms with Crippen LogP contribution in [0.4, 0.5) is 20.2 Å². The number of nitrogens with zero attached hydrogens (tertiary/aromatic N) is 6. The fourth-order valence-electron chi connectivity index (χ4n) is 4.27. The van der Waals surface area contributed by atoms with Crippen molar-refractivity contribution >= 4 is 56.3 Å². The molecule has 0 saturated heterocycles. The Morgan fingerprint density at radius 1 is 1.21 bits per heavy atom. The maximum absolute atomic E-state index is 13.8. The Labute approximate surface area is 250 Å². The largest absolute Gasteiger partial charge is 0.470 e. The molecule has 0 aliphatic heterocycles. The first-order valence-electron chi connectivity index (χ1n) is 12.5. The molecule has 0 saturated carbocycles. The lowest BCUT2D eigenvalue weighted by Gasteiger charge is -2.10. The van der Waals surface area contributed by atoms with Gasteiger partial charge in [-0.15, -0.1) is 11.3 Å². The molecule has 43 heavy (non-hydrogen) atoms. The first kappa shape index (κ1) is 29.5. The number of hydrogen-bond acceptors (Lipinski definition) is 9. The predicted octanol–water partition coefficient (Wildman–Crippen LogP) is 5.57. The van der Waals surface area contributed by atoms with Crippen molar-refractivity contribution in [1.29, 1.82) is 0 Å². The summed E-state index contributed by atoms with van der Waals surface area (Å²) in [5, 5.41) is 22.4. The van der Waals surface area contributed by atoms with Gasteiger partial charge in [0.2, 0.25) is 0 Å². The number of nitro groups is 1. The molecule has 13 nitrogen and oxygen atoms in total. The minimum absolute atomic E-state index is 0.00734. The van der Waals surface area contributed by atoms with Crippen LogP contribution in [0.2, 0.25) is 5.02 Å². The molecule has 4 heterocycles. The molecule has 0 aliphatic carbocycles. The summed E-state index contributed by atoms with van der Waals surface area (Å²) in [5.41, 5.74) is 6.21. The van der Waals surface area contributed by atoms with E-state index in [4.69, 9.17) is 22.1 Å². The van der Waals surface area contributed by atoms with Crippen molar-refractivity contribution in [2.24, 2.45) is 5.73 Å². The first-order chi connectivity index (χ1) is 20.5. The second-order valence-electron chi connectivity index (χ2n) is 9.07. The van der Waals surface area contributed by atoms with E-state index < -0.39 is 28.9 Å². The third-order valence-corrected chi connectivity index (χ3v) is 7.67. The van der Waals surface area contributed by atoms with Gasteiger partial charge in [-0.05, 0) is 37.6 Å². The van der Waals surface area contributed by atoms with Crippen LogP contribution in [-0.4, -0.2) is 41.3 Å². The summed E-state index contributed by atoms with van der Waals surface area (Å²) in [5.74, 6) is -1.45. The minimum atomic E-state index is -2.89. The molecule has 5 aromatic rings. The Balaban J connectivity index is 1.48. The van der Waals surface area contributed by atoms with Crippen molar-refractivity contribution < 1.29 is 28.0 Å². The average molecular weight is 631 g/mol. The number of thiophene rings is 1. The number of anilines is 1. The zero-order valence-corrected chi connectivity index (χ0v) is 23.9. The van der Waals surface area contributed by atoms with Gasteiger partial charge in [-0.2, -0.15) is 10.2 Å². The number of halogens is 3. The number of aryl methyl sites for hydroxylation is 2. The SMILES string of the molecule is CCn1cc(-c2cc(C(F)F)nc3sc(C(N)=O)c(NC(=O)c4ccn(COc5ccc([N+](=O)[O-])cc5Cl)n4)c23)c(C)n1. The molecular weight excluding hydrogens is 610 g/mol. The summed E-state index contributed by atoms with van der Waals surface area (Å²) >= 11 is 6.84. The highest BCUT2D eigenvalue weighted by Gasteiger charge is 2.27. The van der Waals surface area contributed by atoms with Crippen LogP contribution in [-0.2, 0) is 13.3 Å². The lowest BCUT2D eigenvalue weighted by molar-refractivity contribution is -0.384. The number of hydrogen-bond donors (Lipinski definition) is 2. The van der Waals surface area contributed by atoms with Gasteiger partial charge >= 0.3 is 0 Å². The van der Waals surface area contributed by atoms with Crippen LogP contribution in [0, 0.1) is 17.0 Å². The van der Waals surface area contributed by atoms with Crippen LogP contribution in [0.5, 0.6) is 5.75 Å². The Hall–Kier alpha value is -4.96. The quantitative estimate of drug-likeness (QED) is 0.149. The minimum Gasteiger partial charge on any atom is -0.470 e. The number of pyridine rings is 1. The van der Waals surface area contributed by atoms with E-state index in [2.05, 4.69) is 20.5 Å². The summed E-state index contributed by atoms with van der Waals surface area (Å²) in [6.07, 6.45) is 0.235. The van der Waals surface area contributed by atoms with E-state index in [-0.39, 0.29) is 49.7 Å². The summed E-state index contributed by atoms with van der Waals surface area (Å²) in [6, 6.07) is 6.30. The maximum Gasteiger partial charge on any atom is 0.280 e. The van der Waals surface area contributed by atoms with E-state index in [0.717, 1.165) is 17.4 Å². The van der Waals surface area contributed by atoms with Gasteiger partial charge in [-0.3, -0.25) is 24.4 Å². The molecule has 2 amide bonds. The van der Waals surface area contributed by atoms with E-state index in [9.17, 15) is 28.5 Å². The van der Waals surface area contributed by atoms with Gasteiger partial charge in [0.1, 0.15) is 21.2 Å². The van der Waals surface area contributed by atoms with E-state index in [1.807, 2.05) is 6.92 Å². The van der Waals surface area contributed by atoms with Crippen molar-refractivity contribution in [3.63, 3.8) is 0 Å². The number of alkyl halides is 2. The Morgan fingerprint density at radius 2 is 1.98 bits per heavy atom. The molecular formula is C26H21ClF2N8O5S. The number of nitro benzene ring substituents is 1. The van der Waals surface area contributed by atoms with Crippen LogP contribution >= 0.6 is 22.9 Å². The standard InChI is InChI=1S/C26H21ClF2N8O5S/c1-3-35-10-15(12(2)33-35)14-9-18(23(28)29)31-26-20(14)21(22(43-26)24(30)38)32-25(39)17-6-7-36(34-17)11-42-19-5-4-13(37(40)41)8-16(19)27/h4-10,23H,3,11H2,1-2H3,(H2,30,38)(H,32,39). The smallest absolute Gasteiger partial charge is 0.280 e. The number of primary amides is 1. The summed E-state index contributed by atoms with van der Waals surface area (Å²) in [6.45, 7) is 3.92. The Kier molecular flexibility index (Phi) is 8.06. The number of fused-ring (bicyclic) bond motifs is 1. The Morgan fingerprint density at radius 3 is 2.60 bits per heavy atom. The highest BCUT2D eigenvalue weighted by atomic mass is 35.5. The second-order valence-corrected chi connectivity index (χ2v) is 10.5. The number of benzene rings is 1. The number of nitrogens with one attached hydrogen (secondary N) is 1. The van der Waals surface area contributed by atoms with Crippen LogP contribution in [0.1, 0.15) is 44.9 Å². The number of rotatable bonds is 10. The molecule has 0 bridgehead atoms. The number of carbonyl (C=O) groups excluding carboxylic acids is 2. The number of nitrogens with two attached hydrogens (primary N) is 1. The van der Waals surface area contributed by atoms with Gasteiger partial charge in [-0.1, -0.05) is 11.6 Å². The summed E-state index contributed by atoms with van der Waals surface area (Å²) in [7, 11) is 0. The highest BCUT2D eigenvalue weighted by molar-refractivity contribution is 7.21. The number of non-ortho nitro benzene ring substituents is 1. The van der Waals surface area contributed by atoms with Crippen molar-refractivity contribution in [3.05, 3.63) is 79.8 Å². The van der Waals surface area contributed by atoms with Crippen molar-refractivity contribution in [1.82, 2.24) is 24.5 Å². The Bertz CT molecular complexity index is 1900. The van der Waals surface area contributed by atoms with Crippen molar-refractivity contribution in [2.75, 3.05) is 5.32 Å². The second kappa shape index (κ2) is 11.7. The van der Waals surface area contributed by atoms with Gasteiger partial charge in [0.25, 0.3) is 23.9 Å². The normalized spacial score (nSPS) is 11.3. The van der Waals surface area contributed by atoms with Gasteiger partial charge in [-0.25, -0.2) is 18.4 Å². The maximum atomic E-state index is 13.8. The van der Waals surface area contributed by atoms with E-state index in [1.165, 1.54) is 35.1 Å². The summed E-state index contributed by atoms with van der Waals surface area (Å²) < 4.78 is 36.1. The number of ether oxygens (including phenoxy) is 1. The topological polar surface area (TPSA) is 173 Å². The summed E-state index contributed by atoms with van der Waals surface area (Å²) in [4.78, 5) is 40.1. The van der Waals surface area contributed by atoms with E-state index >= 15 is 0 Å². The van der Waals surface area contributed by atoms with Crippen LogP contribution < -0.4 is 15.8 Å². The van der Waals surface area contributed by atoms with Gasteiger partial charge in [0.05, 0.1) is 21.3 Å². The predicted molar refractivity (Wildman–Crippen MR) is 154 cm³/mol. The van der Waals surface area contributed by atoms with Crippen molar-refractivity contribution in [2.45, 2.75) is 33.5 Å². The third-order valence-electron chi connectivity index (χ3n) is 6.28. The molecule has 222 valence electrons. The molecule has 0 aliphatic rings. The monoisotopic (exact) mass is 630 g/mol. The fraction of sp³-hybridized carbons (Fsp3) is 0.192. The number of aromatic nitrogens is 5. The van der Waals surface area contributed by atoms with Crippen molar-refractivity contribution in [3.8, 4) is 16.9 Å². The highest BCUT2D eigenvalue weighted by Crippen LogP contribution is 2.43. The molecule has 0 unspecified atom stereocenters.